The summed E-state index contributed by atoms with van der Waals surface area (Å²) in [7, 11) is 3.22. The third-order valence-corrected chi connectivity index (χ3v) is 3.17. The predicted molar refractivity (Wildman–Crippen MR) is 70.3 cm³/mol. The fraction of sp³-hybridized carbons (Fsp3) is 0.583. The van der Waals surface area contributed by atoms with Crippen molar-refractivity contribution in [2.24, 2.45) is 7.05 Å². The number of methoxy groups -OCH3 is 1. The highest BCUT2D eigenvalue weighted by Gasteiger charge is 2.23. The van der Waals surface area contributed by atoms with Gasteiger partial charge in [-0.3, -0.25) is 0 Å². The first-order chi connectivity index (χ1) is 9.45. The molecular weight excluding hydrogens is 260 g/mol. The third kappa shape index (κ3) is 2.40. The number of nitrogens with zero attached hydrogens (tertiary/aromatic N) is 6. The maximum Gasteiger partial charge on any atom is 0.360 e. The van der Waals surface area contributed by atoms with Crippen molar-refractivity contribution in [1.29, 1.82) is 0 Å². The smallest absolute Gasteiger partial charge is 0.360 e. The van der Waals surface area contributed by atoms with E-state index in [9.17, 15) is 4.79 Å². The van der Waals surface area contributed by atoms with Crippen molar-refractivity contribution in [3.63, 3.8) is 0 Å². The minimum atomic E-state index is -0.478. The molecule has 0 radical (unpaired) electrons. The van der Waals surface area contributed by atoms with Gasteiger partial charge in [-0.2, -0.15) is 0 Å². The van der Waals surface area contributed by atoms with Gasteiger partial charge in [-0.15, -0.1) is 15.3 Å². The molecule has 0 aliphatic rings. The van der Waals surface area contributed by atoms with Crippen LogP contribution in [-0.2, 0) is 18.3 Å². The Kier molecular flexibility index (Phi) is 3.82. The Labute approximate surface area is 116 Å². The van der Waals surface area contributed by atoms with E-state index >= 15 is 0 Å². The molecule has 20 heavy (non-hydrogen) atoms. The molecule has 0 amide bonds. The van der Waals surface area contributed by atoms with Crippen molar-refractivity contribution in [1.82, 2.24) is 29.8 Å². The van der Waals surface area contributed by atoms with E-state index in [0.29, 0.717) is 6.54 Å². The van der Waals surface area contributed by atoms with Crippen LogP contribution in [-0.4, -0.2) is 42.8 Å². The summed E-state index contributed by atoms with van der Waals surface area (Å²) in [5, 5.41) is 16.1. The van der Waals surface area contributed by atoms with E-state index < -0.39 is 5.97 Å². The van der Waals surface area contributed by atoms with Crippen LogP contribution in [0, 0.1) is 6.92 Å². The summed E-state index contributed by atoms with van der Waals surface area (Å²) in [6, 6.07) is 0. The van der Waals surface area contributed by atoms with Gasteiger partial charge >= 0.3 is 5.97 Å². The maximum absolute atomic E-state index is 11.7. The Bertz CT molecular complexity index is 628. The number of aromatic nitrogens is 6. The van der Waals surface area contributed by atoms with Crippen molar-refractivity contribution in [2.75, 3.05) is 7.11 Å². The van der Waals surface area contributed by atoms with E-state index in [1.807, 2.05) is 32.4 Å². The first-order valence-electron chi connectivity index (χ1n) is 6.32. The first-order valence-corrected chi connectivity index (χ1v) is 6.32. The van der Waals surface area contributed by atoms with Gasteiger partial charge in [0.15, 0.2) is 11.5 Å². The summed E-state index contributed by atoms with van der Waals surface area (Å²) in [6.07, 6.45) is 0. The lowest BCUT2D eigenvalue weighted by atomic mass is 10.1. The molecule has 0 aliphatic carbocycles. The highest BCUT2D eigenvalue weighted by atomic mass is 16.5. The minimum absolute atomic E-state index is 0.0911. The van der Waals surface area contributed by atoms with Gasteiger partial charge in [-0.25, -0.2) is 9.48 Å². The number of ether oxygens (including phenoxy) is 1. The molecule has 0 atom stereocenters. The SMILES string of the molecule is COC(=O)c1nnn(Cc2nnc(C)n2C)c1C(C)C. The monoisotopic (exact) mass is 278 g/mol. The Morgan fingerprint density at radius 2 is 2.00 bits per heavy atom. The second-order valence-corrected chi connectivity index (χ2v) is 4.85. The predicted octanol–water partition coefficient (Wildman–Crippen LogP) is 0.673. The normalized spacial score (nSPS) is 11.1. The van der Waals surface area contributed by atoms with E-state index in [-0.39, 0.29) is 11.6 Å². The molecule has 0 aliphatic heterocycles. The van der Waals surface area contributed by atoms with Crippen LogP contribution in [0.25, 0.3) is 0 Å². The highest BCUT2D eigenvalue weighted by molar-refractivity contribution is 5.88. The van der Waals surface area contributed by atoms with Crippen LogP contribution in [0.3, 0.4) is 0 Å². The summed E-state index contributed by atoms with van der Waals surface area (Å²) in [5.74, 6) is 1.19. The minimum Gasteiger partial charge on any atom is -0.464 e. The molecule has 108 valence electrons. The largest absolute Gasteiger partial charge is 0.464 e. The fourth-order valence-electron chi connectivity index (χ4n) is 1.97. The summed E-state index contributed by atoms with van der Waals surface area (Å²) < 4.78 is 8.28. The molecule has 0 fully saturated rings. The number of aryl methyl sites for hydroxylation is 1. The second kappa shape index (κ2) is 5.40. The van der Waals surface area contributed by atoms with Crippen molar-refractivity contribution < 1.29 is 9.53 Å². The van der Waals surface area contributed by atoms with Crippen LogP contribution in [0.5, 0.6) is 0 Å². The number of carbonyl (C=O) groups excluding carboxylic acids is 1. The summed E-state index contributed by atoms with van der Waals surface area (Å²) in [6.45, 7) is 6.24. The van der Waals surface area contributed by atoms with E-state index in [0.717, 1.165) is 17.3 Å². The first kappa shape index (κ1) is 14.2. The van der Waals surface area contributed by atoms with Crippen molar-refractivity contribution in [3.8, 4) is 0 Å². The Morgan fingerprint density at radius 3 is 2.50 bits per heavy atom. The van der Waals surface area contributed by atoms with Crippen LogP contribution in [0.15, 0.2) is 0 Å². The molecule has 0 N–H and O–H groups in total. The highest BCUT2D eigenvalue weighted by Crippen LogP contribution is 2.19. The zero-order chi connectivity index (χ0) is 14.9. The van der Waals surface area contributed by atoms with Gasteiger partial charge in [-0.05, 0) is 12.8 Å². The second-order valence-electron chi connectivity index (χ2n) is 4.85. The molecule has 0 aromatic carbocycles. The number of esters is 1. The van der Waals surface area contributed by atoms with Crippen molar-refractivity contribution >= 4 is 5.97 Å². The van der Waals surface area contributed by atoms with Crippen LogP contribution >= 0.6 is 0 Å². The van der Waals surface area contributed by atoms with Gasteiger partial charge < -0.3 is 9.30 Å². The molecule has 0 saturated heterocycles. The number of hydrogen-bond acceptors (Lipinski definition) is 6. The van der Waals surface area contributed by atoms with Crippen LogP contribution in [0.4, 0.5) is 0 Å². The average Bonchev–Trinajstić information content (AvgIpc) is 2.97. The van der Waals surface area contributed by atoms with E-state index in [1.165, 1.54) is 7.11 Å². The molecule has 0 unspecified atom stereocenters. The standard InChI is InChI=1S/C12H18N6O2/c1-7(2)11-10(12(19)20-5)15-16-18(11)6-9-14-13-8(3)17(9)4/h7H,6H2,1-5H3. The molecule has 0 saturated carbocycles. The van der Waals surface area contributed by atoms with Crippen LogP contribution in [0.1, 0.15) is 47.6 Å². The zero-order valence-corrected chi connectivity index (χ0v) is 12.3. The zero-order valence-electron chi connectivity index (χ0n) is 12.3. The number of hydrogen-bond donors (Lipinski definition) is 0. The molecule has 2 heterocycles. The van der Waals surface area contributed by atoms with Gasteiger partial charge in [0.05, 0.1) is 12.8 Å². The molecule has 2 rings (SSSR count). The Hall–Kier alpha value is -2.25. The maximum atomic E-state index is 11.7. The summed E-state index contributed by atoms with van der Waals surface area (Å²) >= 11 is 0. The lowest BCUT2D eigenvalue weighted by Crippen LogP contribution is -2.14. The number of carbonyl (C=O) groups is 1. The van der Waals surface area contributed by atoms with Crippen molar-refractivity contribution in [3.05, 3.63) is 23.0 Å². The van der Waals surface area contributed by atoms with Crippen LogP contribution in [0.2, 0.25) is 0 Å². The van der Waals surface area contributed by atoms with Gasteiger partial charge in [0.25, 0.3) is 0 Å². The topological polar surface area (TPSA) is 87.7 Å². The lowest BCUT2D eigenvalue weighted by Gasteiger charge is -2.10. The summed E-state index contributed by atoms with van der Waals surface area (Å²) in [5.41, 5.74) is 0.985. The molecular formula is C12H18N6O2. The third-order valence-electron chi connectivity index (χ3n) is 3.17. The van der Waals surface area contributed by atoms with Gasteiger partial charge in [0.1, 0.15) is 12.4 Å². The van der Waals surface area contributed by atoms with Crippen LogP contribution < -0.4 is 0 Å². The molecule has 8 nitrogen and oxygen atoms in total. The fourth-order valence-corrected chi connectivity index (χ4v) is 1.97. The Balaban J connectivity index is 2.40. The summed E-state index contributed by atoms with van der Waals surface area (Å²) in [4.78, 5) is 11.7. The van der Waals surface area contributed by atoms with Gasteiger partial charge in [-0.1, -0.05) is 19.1 Å². The molecule has 0 spiro atoms. The molecule has 2 aromatic heterocycles. The van der Waals surface area contributed by atoms with Gasteiger partial charge in [0, 0.05) is 7.05 Å². The Morgan fingerprint density at radius 1 is 1.30 bits per heavy atom. The van der Waals surface area contributed by atoms with E-state index in [2.05, 4.69) is 20.5 Å². The molecule has 2 aromatic rings. The lowest BCUT2D eigenvalue weighted by molar-refractivity contribution is 0.0592. The van der Waals surface area contributed by atoms with E-state index in [1.54, 1.807) is 4.68 Å². The average molecular weight is 278 g/mol. The van der Waals surface area contributed by atoms with E-state index in [4.69, 9.17) is 4.74 Å². The van der Waals surface area contributed by atoms with Gasteiger partial charge in [0.2, 0.25) is 0 Å². The number of rotatable bonds is 4. The molecule has 0 bridgehead atoms. The van der Waals surface area contributed by atoms with Crippen molar-refractivity contribution in [2.45, 2.75) is 33.2 Å². The quantitative estimate of drug-likeness (QED) is 0.764. The molecule has 8 heteroatoms.